The second kappa shape index (κ2) is 9.65. The fourth-order valence-electron chi connectivity index (χ4n) is 3.25. The number of allylic oxidation sites excluding steroid dienone is 6. The van der Waals surface area contributed by atoms with Crippen LogP contribution in [0.5, 0.6) is 0 Å². The molecule has 0 atom stereocenters. The summed E-state index contributed by atoms with van der Waals surface area (Å²) in [5, 5.41) is 4.33. The maximum Gasteiger partial charge on any atom is 0.140 e. The quantitative estimate of drug-likeness (QED) is 0.564. The van der Waals surface area contributed by atoms with Crippen molar-refractivity contribution in [3.63, 3.8) is 0 Å². The van der Waals surface area contributed by atoms with Gasteiger partial charge in [-0.05, 0) is 54.5 Å². The second-order valence-electron chi connectivity index (χ2n) is 6.42. The van der Waals surface area contributed by atoms with Crippen molar-refractivity contribution in [1.29, 1.82) is 0 Å². The molecule has 0 aliphatic heterocycles. The number of fused-ring (bicyclic) bond motifs is 1. The van der Waals surface area contributed by atoms with Crippen molar-refractivity contribution in [3.8, 4) is 0 Å². The Hall–Kier alpha value is -3.73. The topological polar surface area (TPSA) is 66.0 Å². The lowest BCUT2D eigenvalue weighted by atomic mass is 9.95. The molecule has 0 saturated carbocycles. The summed E-state index contributed by atoms with van der Waals surface area (Å²) in [5.74, 6) is 0.741. The third-order valence-electron chi connectivity index (χ3n) is 4.74. The van der Waals surface area contributed by atoms with Crippen LogP contribution in [0.15, 0.2) is 84.3 Å². The molecule has 0 aromatic carbocycles. The number of aliphatic imine (C=N–C) groups is 1. The molecule has 3 heterocycles. The number of pyridine rings is 2. The van der Waals surface area contributed by atoms with Crippen LogP contribution in [0.1, 0.15) is 31.9 Å². The number of hydrogen-bond acceptors (Lipinski definition) is 4. The zero-order chi connectivity index (χ0) is 21.5. The molecule has 1 aliphatic rings. The first-order valence-corrected chi connectivity index (χ1v) is 10.1. The fraction of sp³-hybridized carbons (Fsp3) is 0.160. The van der Waals surface area contributed by atoms with Crippen LogP contribution in [-0.2, 0) is 0 Å². The Bertz CT molecular complexity index is 1160. The van der Waals surface area contributed by atoms with Crippen molar-refractivity contribution >= 4 is 33.8 Å². The molecule has 0 saturated heterocycles. The first kappa shape index (κ1) is 21.0. The van der Waals surface area contributed by atoms with E-state index in [1.165, 1.54) is 0 Å². The Morgan fingerprint density at radius 1 is 1.13 bits per heavy atom. The maximum atomic E-state index is 4.69. The molecule has 0 bridgehead atoms. The highest BCUT2D eigenvalue weighted by molar-refractivity contribution is 6.15. The molecule has 3 aromatic rings. The van der Waals surface area contributed by atoms with E-state index in [4.69, 9.17) is 4.98 Å². The summed E-state index contributed by atoms with van der Waals surface area (Å²) in [6.07, 6.45) is 13.9. The minimum Gasteiger partial charge on any atom is -0.345 e. The van der Waals surface area contributed by atoms with Crippen LogP contribution in [0.2, 0.25) is 0 Å². The summed E-state index contributed by atoms with van der Waals surface area (Å²) in [4.78, 5) is 16.3. The van der Waals surface area contributed by atoms with Crippen molar-refractivity contribution in [2.24, 2.45) is 4.99 Å². The van der Waals surface area contributed by atoms with Gasteiger partial charge in [0.25, 0.3) is 0 Å². The Morgan fingerprint density at radius 3 is 2.60 bits per heavy atom. The van der Waals surface area contributed by atoms with Gasteiger partial charge in [0, 0.05) is 47.8 Å². The molecule has 0 amide bonds. The molecule has 5 heteroatoms. The Kier molecular flexibility index (Phi) is 6.75. The van der Waals surface area contributed by atoms with Gasteiger partial charge < -0.3 is 10.3 Å². The lowest BCUT2D eigenvalue weighted by Gasteiger charge is -2.11. The van der Waals surface area contributed by atoms with Gasteiger partial charge in [-0.3, -0.25) is 9.98 Å². The van der Waals surface area contributed by atoms with E-state index >= 15 is 0 Å². The third-order valence-corrected chi connectivity index (χ3v) is 4.74. The van der Waals surface area contributed by atoms with E-state index in [9.17, 15) is 0 Å². The number of aromatic nitrogens is 3. The van der Waals surface area contributed by atoms with Crippen LogP contribution >= 0.6 is 0 Å². The van der Waals surface area contributed by atoms with Crippen LogP contribution < -0.4 is 5.32 Å². The molecule has 4 rings (SSSR count). The maximum absolute atomic E-state index is 4.69. The molecular formula is C25H27N5. The molecule has 3 aromatic heterocycles. The minimum absolute atomic E-state index is 0.741. The monoisotopic (exact) mass is 397 g/mol. The molecule has 0 radical (unpaired) electrons. The van der Waals surface area contributed by atoms with E-state index in [0.717, 1.165) is 50.5 Å². The first-order valence-electron chi connectivity index (χ1n) is 10.1. The van der Waals surface area contributed by atoms with Crippen molar-refractivity contribution in [3.05, 3.63) is 90.4 Å². The molecule has 1 aliphatic carbocycles. The van der Waals surface area contributed by atoms with E-state index in [1.54, 1.807) is 12.4 Å². The van der Waals surface area contributed by atoms with Gasteiger partial charge >= 0.3 is 0 Å². The molecule has 0 unspecified atom stereocenters. The predicted molar refractivity (Wildman–Crippen MR) is 129 cm³/mol. The lowest BCUT2D eigenvalue weighted by molar-refractivity contribution is 1.30. The summed E-state index contributed by atoms with van der Waals surface area (Å²) < 4.78 is 0. The minimum atomic E-state index is 0.741. The van der Waals surface area contributed by atoms with Gasteiger partial charge in [-0.1, -0.05) is 32.6 Å². The van der Waals surface area contributed by atoms with E-state index in [-0.39, 0.29) is 0 Å². The molecule has 0 fully saturated rings. The Labute approximate surface area is 177 Å². The molecular weight excluding hydrogens is 370 g/mol. The SMILES string of the molecule is C=C(Nc1ccc2c(C3=C/C(=C/C)C(=NC)C=C3)c[nH]c2n1)c1ccncc1.CC. The number of hydrogen-bond donors (Lipinski definition) is 2. The summed E-state index contributed by atoms with van der Waals surface area (Å²) in [6.45, 7) is 10.1. The van der Waals surface area contributed by atoms with Gasteiger partial charge in [0.1, 0.15) is 11.5 Å². The molecule has 2 N–H and O–H groups in total. The first-order chi connectivity index (χ1) is 14.7. The van der Waals surface area contributed by atoms with Crippen LogP contribution in [0.3, 0.4) is 0 Å². The summed E-state index contributed by atoms with van der Waals surface area (Å²) in [6, 6.07) is 7.86. The van der Waals surface area contributed by atoms with Crippen molar-refractivity contribution in [2.45, 2.75) is 20.8 Å². The summed E-state index contributed by atoms with van der Waals surface area (Å²) >= 11 is 0. The highest BCUT2D eigenvalue weighted by Crippen LogP contribution is 2.30. The number of aromatic amines is 1. The van der Waals surface area contributed by atoms with Crippen LogP contribution in [-0.4, -0.2) is 27.7 Å². The number of rotatable bonds is 4. The van der Waals surface area contributed by atoms with E-state index in [2.05, 4.69) is 51.2 Å². The van der Waals surface area contributed by atoms with Gasteiger partial charge in [0.2, 0.25) is 0 Å². The Morgan fingerprint density at radius 2 is 1.90 bits per heavy atom. The van der Waals surface area contributed by atoms with E-state index < -0.39 is 0 Å². The number of H-pyrrole nitrogens is 1. The molecule has 0 spiro atoms. The number of anilines is 1. The fourth-order valence-corrected chi connectivity index (χ4v) is 3.25. The highest BCUT2D eigenvalue weighted by atomic mass is 15.0. The van der Waals surface area contributed by atoms with Gasteiger partial charge in [0.05, 0.1) is 5.71 Å². The zero-order valence-electron chi connectivity index (χ0n) is 17.9. The average molecular weight is 398 g/mol. The third kappa shape index (κ3) is 4.30. The average Bonchev–Trinajstić information content (AvgIpc) is 3.23. The summed E-state index contributed by atoms with van der Waals surface area (Å²) in [5.41, 5.74) is 6.95. The van der Waals surface area contributed by atoms with Crippen molar-refractivity contribution in [2.75, 3.05) is 12.4 Å². The van der Waals surface area contributed by atoms with Gasteiger partial charge in [-0.2, -0.15) is 0 Å². The van der Waals surface area contributed by atoms with Crippen LogP contribution in [0.25, 0.3) is 22.3 Å². The largest absolute Gasteiger partial charge is 0.345 e. The summed E-state index contributed by atoms with van der Waals surface area (Å²) in [7, 11) is 1.81. The zero-order valence-corrected chi connectivity index (χ0v) is 17.9. The van der Waals surface area contributed by atoms with Gasteiger partial charge in [-0.25, -0.2) is 4.98 Å². The Balaban J connectivity index is 0.00000124. The van der Waals surface area contributed by atoms with Gasteiger partial charge in [0.15, 0.2) is 0 Å². The van der Waals surface area contributed by atoms with E-state index in [1.807, 2.05) is 58.3 Å². The molecule has 30 heavy (non-hydrogen) atoms. The molecule has 5 nitrogen and oxygen atoms in total. The predicted octanol–water partition coefficient (Wildman–Crippen LogP) is 6.04. The highest BCUT2D eigenvalue weighted by Gasteiger charge is 2.13. The normalized spacial score (nSPS) is 15.7. The lowest BCUT2D eigenvalue weighted by Crippen LogP contribution is -2.02. The standard InChI is InChI=1S/C23H21N5.C2H6/c1-4-16-13-18(5-7-21(16)24-3)20-14-26-23-19(20)6-8-22(28-23)27-15(2)17-9-11-25-12-10-17;1-2/h4-14H,2H2,1,3H3,(H2,26,27,28);1-2H3/b16-4-,24-21?;. The van der Waals surface area contributed by atoms with Crippen molar-refractivity contribution < 1.29 is 0 Å². The second-order valence-corrected chi connectivity index (χ2v) is 6.42. The van der Waals surface area contributed by atoms with Crippen LogP contribution in [0.4, 0.5) is 5.82 Å². The van der Waals surface area contributed by atoms with E-state index in [0.29, 0.717) is 0 Å². The van der Waals surface area contributed by atoms with Gasteiger partial charge in [-0.15, -0.1) is 0 Å². The smallest absolute Gasteiger partial charge is 0.140 e. The molecule has 152 valence electrons. The van der Waals surface area contributed by atoms with Crippen molar-refractivity contribution in [1.82, 2.24) is 15.0 Å². The number of nitrogens with one attached hydrogen (secondary N) is 2. The van der Waals surface area contributed by atoms with Crippen LogP contribution in [0, 0.1) is 0 Å². The number of nitrogens with zero attached hydrogens (tertiary/aromatic N) is 3.